The van der Waals surface area contributed by atoms with Crippen LogP contribution < -0.4 is 10.1 Å². The molecule has 0 unspecified atom stereocenters. The number of carboxylic acids is 1. The Bertz CT molecular complexity index is 1030. The van der Waals surface area contributed by atoms with Gasteiger partial charge in [0, 0.05) is 10.4 Å². The third-order valence-electron chi connectivity index (χ3n) is 4.13. The summed E-state index contributed by atoms with van der Waals surface area (Å²) in [6.45, 7) is 3.71. The standard InChI is InChI=1S/C17H15N3O4S/c1-3-12-15(20-14(16(22)23)8(2)18-17(20)25-12)9-4-5-11-10(6-9)19-13(21)7-24-11/h4-6H,3,7H2,1-2H3,(H,19,21)(H,22,23). The molecule has 0 radical (unpaired) electrons. The van der Waals surface area contributed by atoms with Crippen molar-refractivity contribution in [2.75, 3.05) is 11.9 Å². The van der Waals surface area contributed by atoms with Crippen LogP contribution in [0.15, 0.2) is 18.2 Å². The maximum absolute atomic E-state index is 11.7. The Hall–Kier alpha value is -2.87. The van der Waals surface area contributed by atoms with Gasteiger partial charge in [-0.1, -0.05) is 6.92 Å². The third kappa shape index (κ3) is 2.37. The van der Waals surface area contributed by atoms with E-state index in [2.05, 4.69) is 10.3 Å². The van der Waals surface area contributed by atoms with E-state index in [-0.39, 0.29) is 18.2 Å². The third-order valence-corrected chi connectivity index (χ3v) is 5.32. The number of carboxylic acid groups (broad SMARTS) is 1. The lowest BCUT2D eigenvalue weighted by Crippen LogP contribution is -2.25. The lowest BCUT2D eigenvalue weighted by molar-refractivity contribution is -0.118. The van der Waals surface area contributed by atoms with Crippen LogP contribution in [0.2, 0.25) is 0 Å². The zero-order chi connectivity index (χ0) is 17.7. The number of aryl methyl sites for hydroxylation is 2. The highest BCUT2D eigenvalue weighted by atomic mass is 32.1. The van der Waals surface area contributed by atoms with Crippen LogP contribution in [0.3, 0.4) is 0 Å². The molecule has 1 aromatic carbocycles. The molecular weight excluding hydrogens is 342 g/mol. The number of nitrogens with one attached hydrogen (secondary N) is 1. The van der Waals surface area contributed by atoms with Gasteiger partial charge < -0.3 is 15.2 Å². The van der Waals surface area contributed by atoms with Gasteiger partial charge in [-0.3, -0.25) is 9.20 Å². The number of hydrogen-bond donors (Lipinski definition) is 2. The Morgan fingerprint density at radius 2 is 2.28 bits per heavy atom. The molecule has 4 rings (SSSR count). The normalized spacial score (nSPS) is 13.4. The van der Waals surface area contributed by atoms with Crippen LogP contribution in [0.4, 0.5) is 5.69 Å². The minimum atomic E-state index is -1.01. The molecule has 0 bridgehead atoms. The molecule has 1 aliphatic rings. The Morgan fingerprint density at radius 1 is 1.48 bits per heavy atom. The Kier molecular flexibility index (Phi) is 3.50. The van der Waals surface area contributed by atoms with Crippen LogP contribution in [0.1, 0.15) is 28.0 Å². The molecule has 1 aliphatic heterocycles. The number of rotatable bonds is 3. The van der Waals surface area contributed by atoms with Crippen molar-refractivity contribution in [2.45, 2.75) is 20.3 Å². The lowest BCUT2D eigenvalue weighted by atomic mass is 10.1. The summed E-state index contributed by atoms with van der Waals surface area (Å²) < 4.78 is 7.08. The quantitative estimate of drug-likeness (QED) is 0.752. The van der Waals surface area contributed by atoms with E-state index in [1.807, 2.05) is 19.1 Å². The van der Waals surface area contributed by atoms with E-state index in [0.717, 1.165) is 22.6 Å². The number of nitrogens with zero attached hydrogens (tertiary/aromatic N) is 2. The molecule has 128 valence electrons. The number of imidazole rings is 1. The van der Waals surface area contributed by atoms with Crippen LogP contribution in [0.25, 0.3) is 16.2 Å². The average Bonchev–Trinajstić information content (AvgIpc) is 3.07. The second-order valence-corrected chi connectivity index (χ2v) is 6.81. The molecular formula is C17H15N3O4S. The van der Waals surface area contributed by atoms with Crippen molar-refractivity contribution in [3.05, 3.63) is 34.5 Å². The van der Waals surface area contributed by atoms with Gasteiger partial charge in [-0.2, -0.15) is 0 Å². The fourth-order valence-corrected chi connectivity index (χ4v) is 4.20. The summed E-state index contributed by atoms with van der Waals surface area (Å²) in [4.78, 5) is 29.4. The van der Waals surface area contributed by atoms with Crippen LogP contribution >= 0.6 is 11.3 Å². The van der Waals surface area contributed by atoms with Gasteiger partial charge in [0.2, 0.25) is 0 Å². The van der Waals surface area contributed by atoms with E-state index in [1.54, 1.807) is 17.4 Å². The maximum atomic E-state index is 11.7. The van der Waals surface area contributed by atoms with Gasteiger partial charge >= 0.3 is 5.97 Å². The van der Waals surface area contributed by atoms with E-state index in [0.29, 0.717) is 22.1 Å². The summed E-state index contributed by atoms with van der Waals surface area (Å²) in [5.74, 6) is -0.616. The van der Waals surface area contributed by atoms with Gasteiger partial charge in [-0.15, -0.1) is 11.3 Å². The van der Waals surface area contributed by atoms with Crippen LogP contribution in [0.5, 0.6) is 5.75 Å². The summed E-state index contributed by atoms with van der Waals surface area (Å²) in [5.41, 5.74) is 2.84. The van der Waals surface area contributed by atoms with E-state index in [4.69, 9.17) is 4.74 Å². The topological polar surface area (TPSA) is 92.9 Å². The molecule has 0 saturated heterocycles. The Balaban J connectivity index is 1.98. The molecule has 0 saturated carbocycles. The summed E-state index contributed by atoms with van der Waals surface area (Å²) in [6, 6.07) is 5.48. The van der Waals surface area contributed by atoms with Crippen molar-refractivity contribution in [1.29, 1.82) is 0 Å². The summed E-state index contributed by atoms with van der Waals surface area (Å²) in [6.07, 6.45) is 0.751. The Labute approximate surface area is 146 Å². The fraction of sp³-hybridized carbons (Fsp3) is 0.235. The number of carbonyl (C=O) groups is 2. The second-order valence-electron chi connectivity index (χ2n) is 5.74. The molecule has 0 spiro atoms. The summed E-state index contributed by atoms with van der Waals surface area (Å²) in [5, 5.41) is 12.4. The van der Waals surface area contributed by atoms with E-state index < -0.39 is 5.97 Å². The minimum Gasteiger partial charge on any atom is -0.482 e. The molecule has 25 heavy (non-hydrogen) atoms. The smallest absolute Gasteiger partial charge is 0.354 e. The molecule has 0 fully saturated rings. The van der Waals surface area contributed by atoms with E-state index in [1.165, 1.54) is 11.3 Å². The Morgan fingerprint density at radius 3 is 3.00 bits per heavy atom. The molecule has 2 N–H and O–H groups in total. The van der Waals surface area contributed by atoms with Gasteiger partial charge in [0.05, 0.1) is 17.1 Å². The molecule has 2 aromatic heterocycles. The van der Waals surface area contributed by atoms with Crippen molar-refractivity contribution in [3.8, 4) is 17.0 Å². The van der Waals surface area contributed by atoms with Crippen LogP contribution in [-0.4, -0.2) is 33.0 Å². The molecule has 3 heterocycles. The number of anilines is 1. The molecule has 0 atom stereocenters. The molecule has 8 heteroatoms. The molecule has 0 aliphatic carbocycles. The number of thiazole rings is 1. The summed E-state index contributed by atoms with van der Waals surface area (Å²) in [7, 11) is 0. The molecule has 1 amide bonds. The maximum Gasteiger partial charge on any atom is 0.354 e. The van der Waals surface area contributed by atoms with E-state index >= 15 is 0 Å². The SMILES string of the molecule is CCc1sc2nc(C)c(C(=O)O)n2c1-c1ccc2c(c1)NC(=O)CO2. The number of fused-ring (bicyclic) bond motifs is 2. The average molecular weight is 357 g/mol. The number of carbonyl (C=O) groups excluding carboxylic acids is 1. The second kappa shape index (κ2) is 5.59. The number of hydrogen-bond acceptors (Lipinski definition) is 5. The number of aromatic nitrogens is 2. The van der Waals surface area contributed by atoms with E-state index in [9.17, 15) is 14.7 Å². The van der Waals surface area contributed by atoms with Crippen LogP contribution in [0, 0.1) is 6.92 Å². The molecule has 7 nitrogen and oxygen atoms in total. The van der Waals surface area contributed by atoms with Gasteiger partial charge in [0.1, 0.15) is 5.75 Å². The lowest BCUT2D eigenvalue weighted by Gasteiger charge is -2.18. The monoisotopic (exact) mass is 357 g/mol. The zero-order valence-electron chi connectivity index (χ0n) is 13.6. The van der Waals surface area contributed by atoms with Crippen molar-refractivity contribution in [2.24, 2.45) is 0 Å². The minimum absolute atomic E-state index is 0.000862. The van der Waals surface area contributed by atoms with Gasteiger partial charge in [0.25, 0.3) is 5.91 Å². The summed E-state index contributed by atoms with van der Waals surface area (Å²) >= 11 is 1.48. The highest BCUT2D eigenvalue weighted by molar-refractivity contribution is 7.17. The van der Waals surface area contributed by atoms with Crippen molar-refractivity contribution >= 4 is 33.9 Å². The first kappa shape index (κ1) is 15.6. The van der Waals surface area contributed by atoms with Crippen LogP contribution in [-0.2, 0) is 11.2 Å². The van der Waals surface area contributed by atoms with Crippen molar-refractivity contribution < 1.29 is 19.4 Å². The van der Waals surface area contributed by atoms with Crippen molar-refractivity contribution in [1.82, 2.24) is 9.38 Å². The van der Waals surface area contributed by atoms with Gasteiger partial charge in [0.15, 0.2) is 17.3 Å². The largest absolute Gasteiger partial charge is 0.482 e. The predicted molar refractivity (Wildman–Crippen MR) is 93.7 cm³/mol. The van der Waals surface area contributed by atoms with Gasteiger partial charge in [-0.25, -0.2) is 9.78 Å². The fourth-order valence-electron chi connectivity index (χ4n) is 3.07. The van der Waals surface area contributed by atoms with Gasteiger partial charge in [-0.05, 0) is 31.5 Å². The number of benzene rings is 1. The van der Waals surface area contributed by atoms with Crippen molar-refractivity contribution in [3.63, 3.8) is 0 Å². The highest BCUT2D eigenvalue weighted by Crippen LogP contribution is 2.38. The number of ether oxygens (including phenoxy) is 1. The zero-order valence-corrected chi connectivity index (χ0v) is 14.4. The predicted octanol–water partition coefficient (Wildman–Crippen LogP) is 2.96. The highest BCUT2D eigenvalue weighted by Gasteiger charge is 2.24. The number of aromatic carboxylic acids is 1. The number of amides is 1. The molecule has 3 aromatic rings. The first-order valence-corrected chi connectivity index (χ1v) is 8.62. The first-order chi connectivity index (χ1) is 12.0. The first-order valence-electron chi connectivity index (χ1n) is 7.80.